The van der Waals surface area contributed by atoms with Gasteiger partial charge >= 0.3 is 0 Å². The molecule has 2 heteroatoms. The summed E-state index contributed by atoms with van der Waals surface area (Å²) in [7, 11) is 0. The summed E-state index contributed by atoms with van der Waals surface area (Å²) in [4.78, 5) is 0. The van der Waals surface area contributed by atoms with Crippen LogP contribution in [0.15, 0.2) is 0 Å². The van der Waals surface area contributed by atoms with Crippen LogP contribution in [0, 0.1) is 17.8 Å². The zero-order chi connectivity index (χ0) is 8.59. The number of aliphatic hydroxyl groups is 2. The van der Waals surface area contributed by atoms with Crippen LogP contribution >= 0.6 is 0 Å². The molecule has 2 N–H and O–H groups in total. The quantitative estimate of drug-likeness (QED) is 0.598. The zero-order valence-electron chi connectivity index (χ0n) is 7.49. The van der Waals surface area contributed by atoms with E-state index in [1.807, 2.05) is 6.92 Å². The van der Waals surface area contributed by atoms with Crippen molar-refractivity contribution in [1.82, 2.24) is 0 Å². The average Bonchev–Trinajstić information content (AvgIpc) is 2.17. The summed E-state index contributed by atoms with van der Waals surface area (Å²) in [6.45, 7) is 6.19. The molecule has 0 aromatic rings. The van der Waals surface area contributed by atoms with Gasteiger partial charge in [-0.05, 0) is 24.2 Å². The molecule has 0 saturated heterocycles. The van der Waals surface area contributed by atoms with E-state index >= 15 is 0 Å². The fraction of sp³-hybridized carbons (Fsp3) is 1.00. The van der Waals surface area contributed by atoms with Crippen molar-refractivity contribution in [2.24, 2.45) is 17.8 Å². The molecule has 1 aliphatic rings. The van der Waals surface area contributed by atoms with Crippen LogP contribution in [0.4, 0.5) is 0 Å². The van der Waals surface area contributed by atoms with Gasteiger partial charge in [0, 0.05) is 0 Å². The Balaban J connectivity index is 2.59. The van der Waals surface area contributed by atoms with Crippen LogP contribution in [0.3, 0.4) is 0 Å². The van der Waals surface area contributed by atoms with Gasteiger partial charge in [-0.3, -0.25) is 0 Å². The van der Waals surface area contributed by atoms with Gasteiger partial charge in [-0.15, -0.1) is 0 Å². The highest BCUT2D eigenvalue weighted by molar-refractivity contribution is 4.90. The van der Waals surface area contributed by atoms with Crippen LogP contribution in [-0.4, -0.2) is 22.4 Å². The van der Waals surface area contributed by atoms with Crippen LogP contribution in [0.1, 0.15) is 27.2 Å². The van der Waals surface area contributed by atoms with E-state index in [1.54, 1.807) is 0 Å². The maximum Gasteiger partial charge on any atom is 0.0832 e. The van der Waals surface area contributed by atoms with Gasteiger partial charge in [-0.1, -0.05) is 20.8 Å². The highest BCUT2D eigenvalue weighted by Gasteiger charge is 2.39. The lowest BCUT2D eigenvalue weighted by Gasteiger charge is -2.19. The predicted molar refractivity (Wildman–Crippen MR) is 44.1 cm³/mol. The van der Waals surface area contributed by atoms with Gasteiger partial charge in [0.2, 0.25) is 0 Å². The molecule has 0 aromatic carbocycles. The standard InChI is InChI=1S/C9H18O2/c1-5(2)7-4-6(3)8(10)9(7)11/h5-11H,4H2,1-3H3/t6-,7-,8+,9-/m0/s1. The second kappa shape index (κ2) is 3.11. The van der Waals surface area contributed by atoms with Crippen molar-refractivity contribution in [1.29, 1.82) is 0 Å². The molecule has 1 rings (SSSR count). The topological polar surface area (TPSA) is 40.5 Å². The molecular formula is C9H18O2. The smallest absolute Gasteiger partial charge is 0.0832 e. The van der Waals surface area contributed by atoms with Crippen LogP contribution in [0.5, 0.6) is 0 Å². The largest absolute Gasteiger partial charge is 0.390 e. The Hall–Kier alpha value is -0.0800. The van der Waals surface area contributed by atoms with Crippen LogP contribution < -0.4 is 0 Å². The Morgan fingerprint density at radius 2 is 1.73 bits per heavy atom. The Morgan fingerprint density at radius 3 is 1.91 bits per heavy atom. The van der Waals surface area contributed by atoms with Gasteiger partial charge in [-0.25, -0.2) is 0 Å². The molecule has 66 valence electrons. The Morgan fingerprint density at radius 1 is 1.18 bits per heavy atom. The molecular weight excluding hydrogens is 140 g/mol. The Kier molecular flexibility index (Phi) is 2.55. The maximum absolute atomic E-state index is 9.55. The van der Waals surface area contributed by atoms with Crippen LogP contribution in [-0.2, 0) is 0 Å². The van der Waals surface area contributed by atoms with Crippen molar-refractivity contribution >= 4 is 0 Å². The Bertz CT molecular complexity index is 134. The SMILES string of the molecule is CC(C)[C@@H]1C[C@H](C)[C@@H](O)[C@H]1O. The summed E-state index contributed by atoms with van der Waals surface area (Å²) >= 11 is 0. The van der Waals surface area contributed by atoms with Gasteiger partial charge < -0.3 is 10.2 Å². The molecule has 0 bridgehead atoms. The molecule has 0 amide bonds. The minimum Gasteiger partial charge on any atom is -0.390 e. The maximum atomic E-state index is 9.55. The van der Waals surface area contributed by atoms with E-state index in [0.717, 1.165) is 6.42 Å². The molecule has 2 nitrogen and oxygen atoms in total. The van der Waals surface area contributed by atoms with E-state index in [9.17, 15) is 10.2 Å². The van der Waals surface area contributed by atoms with Gasteiger partial charge in [0.15, 0.2) is 0 Å². The fourth-order valence-electron chi connectivity index (χ4n) is 1.96. The first kappa shape index (κ1) is 9.01. The predicted octanol–water partition coefficient (Wildman–Crippen LogP) is 1.02. The number of rotatable bonds is 1. The van der Waals surface area contributed by atoms with Crippen molar-refractivity contribution in [3.8, 4) is 0 Å². The van der Waals surface area contributed by atoms with Crippen molar-refractivity contribution in [3.05, 3.63) is 0 Å². The molecule has 0 spiro atoms. The van der Waals surface area contributed by atoms with Gasteiger partial charge in [0.25, 0.3) is 0 Å². The zero-order valence-corrected chi connectivity index (χ0v) is 7.49. The third-order valence-corrected chi connectivity index (χ3v) is 2.87. The van der Waals surface area contributed by atoms with Crippen LogP contribution in [0.2, 0.25) is 0 Å². The number of hydrogen-bond donors (Lipinski definition) is 2. The fourth-order valence-corrected chi connectivity index (χ4v) is 1.96. The highest BCUT2D eigenvalue weighted by Crippen LogP contribution is 2.35. The first-order valence-corrected chi connectivity index (χ1v) is 4.40. The van der Waals surface area contributed by atoms with Gasteiger partial charge in [0.05, 0.1) is 12.2 Å². The van der Waals surface area contributed by atoms with E-state index in [-0.39, 0.29) is 5.92 Å². The van der Waals surface area contributed by atoms with Crippen molar-refractivity contribution in [3.63, 3.8) is 0 Å². The average molecular weight is 158 g/mol. The second-order valence-corrected chi connectivity index (χ2v) is 4.10. The summed E-state index contributed by atoms with van der Waals surface area (Å²) in [6.07, 6.45) is -0.0348. The molecule has 4 atom stereocenters. The molecule has 0 unspecified atom stereocenters. The summed E-state index contributed by atoms with van der Waals surface area (Å²) in [5.41, 5.74) is 0. The lowest BCUT2D eigenvalue weighted by atomic mass is 9.92. The molecule has 1 saturated carbocycles. The first-order chi connectivity index (χ1) is 5.04. The molecule has 0 aromatic heterocycles. The van der Waals surface area contributed by atoms with Crippen molar-refractivity contribution in [2.75, 3.05) is 0 Å². The van der Waals surface area contributed by atoms with Crippen molar-refractivity contribution in [2.45, 2.75) is 39.4 Å². The minimum atomic E-state index is -0.498. The molecule has 11 heavy (non-hydrogen) atoms. The first-order valence-electron chi connectivity index (χ1n) is 4.40. The summed E-state index contributed by atoms with van der Waals surface area (Å²) in [5.74, 6) is 1.03. The Labute approximate surface area is 68.2 Å². The van der Waals surface area contributed by atoms with E-state index in [2.05, 4.69) is 13.8 Å². The third kappa shape index (κ3) is 1.57. The number of aliphatic hydroxyl groups excluding tert-OH is 2. The lowest BCUT2D eigenvalue weighted by Crippen LogP contribution is -2.29. The molecule has 1 aliphatic carbocycles. The molecule has 0 aliphatic heterocycles. The molecule has 0 radical (unpaired) electrons. The van der Waals surface area contributed by atoms with E-state index in [1.165, 1.54) is 0 Å². The highest BCUT2D eigenvalue weighted by atomic mass is 16.3. The lowest BCUT2D eigenvalue weighted by molar-refractivity contribution is -0.00137. The van der Waals surface area contributed by atoms with E-state index in [0.29, 0.717) is 11.8 Å². The minimum absolute atomic E-state index is 0.261. The van der Waals surface area contributed by atoms with E-state index < -0.39 is 12.2 Å². The summed E-state index contributed by atoms with van der Waals surface area (Å²) in [6, 6.07) is 0. The number of hydrogen-bond acceptors (Lipinski definition) is 2. The monoisotopic (exact) mass is 158 g/mol. The van der Waals surface area contributed by atoms with Crippen LogP contribution in [0.25, 0.3) is 0 Å². The van der Waals surface area contributed by atoms with Crippen molar-refractivity contribution < 1.29 is 10.2 Å². The van der Waals surface area contributed by atoms with Gasteiger partial charge in [0.1, 0.15) is 0 Å². The van der Waals surface area contributed by atoms with E-state index in [4.69, 9.17) is 0 Å². The summed E-state index contributed by atoms with van der Waals surface area (Å²) < 4.78 is 0. The normalized spacial score (nSPS) is 45.3. The third-order valence-electron chi connectivity index (χ3n) is 2.87. The molecule has 0 heterocycles. The summed E-state index contributed by atoms with van der Waals surface area (Å²) in [5, 5.41) is 19.0. The van der Waals surface area contributed by atoms with Gasteiger partial charge in [-0.2, -0.15) is 0 Å². The molecule has 1 fully saturated rings. The second-order valence-electron chi connectivity index (χ2n) is 4.10.